The molecule has 3 N–H and O–H groups in total. The maximum Gasteiger partial charge on any atom is 0.259 e. The molecular formula is C17H15ClN2O3. The summed E-state index contributed by atoms with van der Waals surface area (Å²) in [7, 11) is 0. The van der Waals surface area contributed by atoms with Gasteiger partial charge in [0.2, 0.25) is 0 Å². The van der Waals surface area contributed by atoms with Crippen LogP contribution in [0.15, 0.2) is 48.7 Å². The Labute approximate surface area is 138 Å². The predicted octanol–water partition coefficient (Wildman–Crippen LogP) is 4.19. The standard InChI is InChI=1S/C16H11ClN2O3.CH4/c17-10-4-6-13(20)12(8-10)19-16(22)11-5-3-9-2-1-7-18-14(9)15(11)21;/h1-8,20-21H,(H,19,22);1H4. The predicted molar refractivity (Wildman–Crippen MR) is 91.2 cm³/mol. The first-order chi connectivity index (χ1) is 10.6. The fraction of sp³-hybridized carbons (Fsp3) is 0.0588. The molecule has 5 nitrogen and oxygen atoms in total. The van der Waals surface area contributed by atoms with Gasteiger partial charge in [0.1, 0.15) is 11.3 Å². The highest BCUT2D eigenvalue weighted by atomic mass is 35.5. The van der Waals surface area contributed by atoms with Crippen molar-refractivity contribution < 1.29 is 15.0 Å². The largest absolute Gasteiger partial charge is 0.506 e. The van der Waals surface area contributed by atoms with Crippen molar-refractivity contribution in [2.24, 2.45) is 0 Å². The first-order valence-corrected chi connectivity index (χ1v) is 6.80. The number of hydrogen-bond donors (Lipinski definition) is 3. The molecule has 3 aromatic rings. The lowest BCUT2D eigenvalue weighted by molar-refractivity contribution is 0.102. The van der Waals surface area contributed by atoms with Gasteiger partial charge in [0.25, 0.3) is 5.91 Å². The molecular weight excluding hydrogens is 316 g/mol. The maximum absolute atomic E-state index is 12.3. The van der Waals surface area contributed by atoms with Crippen LogP contribution in [0.4, 0.5) is 5.69 Å². The van der Waals surface area contributed by atoms with E-state index in [1.165, 1.54) is 30.5 Å². The van der Waals surface area contributed by atoms with Gasteiger partial charge in [0.05, 0.1) is 11.3 Å². The van der Waals surface area contributed by atoms with Crippen molar-refractivity contribution in [2.45, 2.75) is 7.43 Å². The monoisotopic (exact) mass is 330 g/mol. The van der Waals surface area contributed by atoms with Gasteiger partial charge in [0, 0.05) is 16.6 Å². The van der Waals surface area contributed by atoms with Crippen LogP contribution in [0.1, 0.15) is 17.8 Å². The highest BCUT2D eigenvalue weighted by Crippen LogP contribution is 2.30. The molecule has 0 aliphatic rings. The van der Waals surface area contributed by atoms with Gasteiger partial charge < -0.3 is 15.5 Å². The number of aromatic hydroxyl groups is 2. The van der Waals surface area contributed by atoms with E-state index in [1.54, 1.807) is 18.2 Å². The number of amides is 1. The quantitative estimate of drug-likeness (QED) is 0.615. The average Bonchev–Trinajstić information content (AvgIpc) is 2.51. The van der Waals surface area contributed by atoms with E-state index in [4.69, 9.17) is 11.6 Å². The van der Waals surface area contributed by atoms with Gasteiger partial charge >= 0.3 is 0 Å². The number of anilines is 1. The van der Waals surface area contributed by atoms with Crippen LogP contribution in [0, 0.1) is 0 Å². The zero-order valence-electron chi connectivity index (χ0n) is 11.2. The summed E-state index contributed by atoms with van der Waals surface area (Å²) >= 11 is 5.83. The van der Waals surface area contributed by atoms with Gasteiger partial charge in [0.15, 0.2) is 5.75 Å². The molecule has 0 aliphatic heterocycles. The first kappa shape index (κ1) is 16.6. The molecule has 0 spiro atoms. The molecule has 6 heteroatoms. The van der Waals surface area contributed by atoms with Gasteiger partial charge in [-0.15, -0.1) is 0 Å². The summed E-state index contributed by atoms with van der Waals surface area (Å²) in [6.07, 6.45) is 1.53. The number of hydrogen-bond acceptors (Lipinski definition) is 4. The van der Waals surface area contributed by atoms with E-state index in [-0.39, 0.29) is 30.2 Å². The van der Waals surface area contributed by atoms with Crippen LogP contribution in [0.3, 0.4) is 0 Å². The second-order valence-corrected chi connectivity index (χ2v) is 5.09. The lowest BCUT2D eigenvalue weighted by Crippen LogP contribution is -2.12. The lowest BCUT2D eigenvalue weighted by Gasteiger charge is -2.10. The number of carbonyl (C=O) groups excluding carboxylic acids is 1. The number of phenolic OH excluding ortho intramolecular Hbond substituents is 2. The van der Waals surface area contributed by atoms with Crippen LogP contribution in [0.2, 0.25) is 5.02 Å². The number of halogens is 1. The maximum atomic E-state index is 12.3. The van der Waals surface area contributed by atoms with E-state index in [0.29, 0.717) is 10.5 Å². The molecule has 1 aromatic heterocycles. The van der Waals surface area contributed by atoms with Crippen molar-refractivity contribution in [2.75, 3.05) is 5.32 Å². The molecule has 118 valence electrons. The molecule has 0 aliphatic carbocycles. The molecule has 23 heavy (non-hydrogen) atoms. The van der Waals surface area contributed by atoms with E-state index < -0.39 is 5.91 Å². The van der Waals surface area contributed by atoms with Crippen molar-refractivity contribution in [3.63, 3.8) is 0 Å². The first-order valence-electron chi connectivity index (χ1n) is 6.43. The van der Waals surface area contributed by atoms with Crippen molar-refractivity contribution in [1.82, 2.24) is 4.98 Å². The number of nitrogens with zero attached hydrogens (tertiary/aromatic N) is 1. The van der Waals surface area contributed by atoms with Gasteiger partial charge in [-0.3, -0.25) is 9.78 Å². The summed E-state index contributed by atoms with van der Waals surface area (Å²) in [5, 5.41) is 23.5. The van der Waals surface area contributed by atoms with Crippen LogP contribution in [-0.2, 0) is 0 Å². The van der Waals surface area contributed by atoms with E-state index in [0.717, 1.165) is 5.39 Å². The highest BCUT2D eigenvalue weighted by molar-refractivity contribution is 6.31. The second-order valence-electron chi connectivity index (χ2n) is 4.65. The number of fused-ring (bicyclic) bond motifs is 1. The zero-order chi connectivity index (χ0) is 15.7. The van der Waals surface area contributed by atoms with Crippen LogP contribution in [-0.4, -0.2) is 21.1 Å². The van der Waals surface area contributed by atoms with Crippen LogP contribution < -0.4 is 5.32 Å². The molecule has 0 fully saturated rings. The fourth-order valence-corrected chi connectivity index (χ4v) is 2.28. The number of aromatic nitrogens is 1. The summed E-state index contributed by atoms with van der Waals surface area (Å²) in [6, 6.07) is 11.0. The molecule has 0 bridgehead atoms. The zero-order valence-corrected chi connectivity index (χ0v) is 12.0. The van der Waals surface area contributed by atoms with E-state index >= 15 is 0 Å². The molecule has 1 heterocycles. The lowest BCUT2D eigenvalue weighted by atomic mass is 10.1. The SMILES string of the molecule is C.O=C(Nc1cc(Cl)ccc1O)c1ccc2cccnc2c1O. The van der Waals surface area contributed by atoms with Crippen LogP contribution in [0.5, 0.6) is 11.5 Å². The Morgan fingerprint density at radius 2 is 1.91 bits per heavy atom. The van der Waals surface area contributed by atoms with Gasteiger partial charge in [-0.25, -0.2) is 0 Å². The Kier molecular flexibility index (Phi) is 4.71. The number of benzene rings is 2. The van der Waals surface area contributed by atoms with E-state index in [1.807, 2.05) is 0 Å². The highest BCUT2D eigenvalue weighted by Gasteiger charge is 2.16. The fourth-order valence-electron chi connectivity index (χ4n) is 2.11. The average molecular weight is 331 g/mol. The van der Waals surface area contributed by atoms with Crippen molar-refractivity contribution in [3.8, 4) is 11.5 Å². The number of phenols is 2. The molecule has 0 atom stereocenters. The topological polar surface area (TPSA) is 82.5 Å². The van der Waals surface area contributed by atoms with Crippen molar-refractivity contribution in [3.05, 3.63) is 59.2 Å². The Balaban J connectivity index is 0.00000192. The molecule has 0 saturated carbocycles. The molecule has 3 rings (SSSR count). The van der Waals surface area contributed by atoms with Crippen molar-refractivity contribution >= 4 is 34.1 Å². The van der Waals surface area contributed by atoms with Gasteiger partial charge in [-0.2, -0.15) is 0 Å². The number of carbonyl (C=O) groups is 1. The van der Waals surface area contributed by atoms with Crippen molar-refractivity contribution in [1.29, 1.82) is 0 Å². The molecule has 2 aromatic carbocycles. The minimum absolute atomic E-state index is 0. The number of rotatable bonds is 2. The normalized spacial score (nSPS) is 10.1. The minimum Gasteiger partial charge on any atom is -0.506 e. The Morgan fingerprint density at radius 3 is 2.70 bits per heavy atom. The summed E-state index contributed by atoms with van der Waals surface area (Å²) in [6.45, 7) is 0. The van der Waals surface area contributed by atoms with E-state index in [9.17, 15) is 15.0 Å². The molecule has 0 unspecified atom stereocenters. The second kappa shape index (κ2) is 6.54. The smallest absolute Gasteiger partial charge is 0.259 e. The third-order valence-electron chi connectivity index (χ3n) is 3.20. The van der Waals surface area contributed by atoms with E-state index in [2.05, 4.69) is 10.3 Å². The van der Waals surface area contributed by atoms with Gasteiger partial charge in [-0.05, 0) is 30.3 Å². The Bertz CT molecular complexity index is 881. The van der Waals surface area contributed by atoms with Crippen LogP contribution in [0.25, 0.3) is 10.9 Å². The summed E-state index contributed by atoms with van der Waals surface area (Å²) in [5.41, 5.74) is 0.564. The third-order valence-corrected chi connectivity index (χ3v) is 3.43. The Morgan fingerprint density at radius 1 is 1.13 bits per heavy atom. The van der Waals surface area contributed by atoms with Gasteiger partial charge in [-0.1, -0.05) is 31.2 Å². The minimum atomic E-state index is -0.567. The Hall–Kier alpha value is -2.79. The summed E-state index contributed by atoms with van der Waals surface area (Å²) in [4.78, 5) is 16.4. The van der Waals surface area contributed by atoms with Crippen LogP contribution >= 0.6 is 11.6 Å². The molecule has 0 saturated heterocycles. The summed E-state index contributed by atoms with van der Waals surface area (Å²) < 4.78 is 0. The number of nitrogens with one attached hydrogen (secondary N) is 1. The third kappa shape index (κ3) is 3.19. The summed E-state index contributed by atoms with van der Waals surface area (Å²) in [5.74, 6) is -0.893. The number of pyridine rings is 1. The molecule has 0 radical (unpaired) electrons. The molecule has 1 amide bonds.